The van der Waals surface area contributed by atoms with Crippen LogP contribution in [0.1, 0.15) is 13.8 Å². The van der Waals surface area contributed by atoms with Gasteiger partial charge in [0.25, 0.3) is 5.91 Å². The number of hydrogen-bond acceptors (Lipinski definition) is 6. The number of nitrogens with zero attached hydrogens (tertiary/aromatic N) is 3. The lowest BCUT2D eigenvalue weighted by Gasteiger charge is -2.29. The Morgan fingerprint density at radius 1 is 0.917 bits per heavy atom. The second-order valence-electron chi connectivity index (χ2n) is 8.56. The molecule has 36 heavy (non-hydrogen) atoms. The highest BCUT2D eigenvalue weighted by molar-refractivity contribution is 7.17. The number of para-hydroxylation sites is 1. The van der Waals surface area contributed by atoms with Gasteiger partial charge in [-0.15, -0.1) is 11.3 Å². The van der Waals surface area contributed by atoms with Crippen LogP contribution in [0.5, 0.6) is 5.88 Å². The number of rotatable bonds is 8. The molecule has 0 spiro atoms. The Hall–Kier alpha value is -4.23. The molecule has 0 aliphatic rings. The number of aromatic nitrogens is 2. The summed E-state index contributed by atoms with van der Waals surface area (Å²) in [7, 11) is 0. The summed E-state index contributed by atoms with van der Waals surface area (Å²) >= 11 is 1.53. The van der Waals surface area contributed by atoms with Crippen LogP contribution in [0.25, 0.3) is 21.3 Å². The highest BCUT2D eigenvalue weighted by Crippen LogP contribution is 2.37. The van der Waals surface area contributed by atoms with Crippen molar-refractivity contribution in [3.63, 3.8) is 0 Å². The van der Waals surface area contributed by atoms with E-state index in [1.807, 2.05) is 78.2 Å². The Balaban J connectivity index is 1.27. The zero-order chi connectivity index (χ0) is 24.9. The van der Waals surface area contributed by atoms with Crippen molar-refractivity contribution in [3.8, 4) is 17.0 Å². The molecule has 0 aliphatic carbocycles. The van der Waals surface area contributed by atoms with E-state index in [4.69, 9.17) is 4.74 Å². The van der Waals surface area contributed by atoms with Crippen molar-refractivity contribution in [2.24, 2.45) is 0 Å². The Bertz CT molecular complexity index is 1450. The van der Waals surface area contributed by atoms with E-state index in [0.29, 0.717) is 11.6 Å². The third kappa shape index (κ3) is 5.06. The number of ether oxygens (including phenoxy) is 1. The highest BCUT2D eigenvalue weighted by Gasteiger charge is 2.16. The predicted molar refractivity (Wildman–Crippen MR) is 147 cm³/mol. The molecule has 0 unspecified atom stereocenters. The predicted octanol–water partition coefficient (Wildman–Crippen LogP) is 6.92. The van der Waals surface area contributed by atoms with E-state index < -0.39 is 0 Å². The largest absolute Gasteiger partial charge is 0.467 e. The molecule has 5 aromatic rings. The first-order chi connectivity index (χ1) is 17.6. The van der Waals surface area contributed by atoms with E-state index in [-0.39, 0.29) is 18.6 Å². The van der Waals surface area contributed by atoms with Crippen molar-refractivity contribution < 1.29 is 9.53 Å². The molecule has 0 bridgehead atoms. The van der Waals surface area contributed by atoms with Crippen LogP contribution < -0.4 is 15.0 Å². The quantitative estimate of drug-likeness (QED) is 0.254. The lowest BCUT2D eigenvalue weighted by atomic mass is 10.1. The number of amides is 1. The van der Waals surface area contributed by atoms with Crippen molar-refractivity contribution in [1.82, 2.24) is 9.97 Å². The van der Waals surface area contributed by atoms with Gasteiger partial charge in [-0.25, -0.2) is 9.97 Å². The normalized spacial score (nSPS) is 11.0. The van der Waals surface area contributed by atoms with Gasteiger partial charge in [-0.3, -0.25) is 4.79 Å². The van der Waals surface area contributed by atoms with Crippen molar-refractivity contribution in [3.05, 3.63) is 96.6 Å². The van der Waals surface area contributed by atoms with Crippen molar-refractivity contribution in [1.29, 1.82) is 0 Å². The van der Waals surface area contributed by atoms with Gasteiger partial charge in [0.2, 0.25) is 5.88 Å². The van der Waals surface area contributed by atoms with E-state index in [9.17, 15) is 4.79 Å². The average molecular weight is 495 g/mol. The van der Waals surface area contributed by atoms with Gasteiger partial charge in [0.1, 0.15) is 11.2 Å². The molecule has 180 valence electrons. The van der Waals surface area contributed by atoms with Gasteiger partial charge >= 0.3 is 0 Å². The minimum absolute atomic E-state index is 0.153. The van der Waals surface area contributed by atoms with Gasteiger partial charge < -0.3 is 15.0 Å². The Morgan fingerprint density at radius 3 is 2.28 bits per heavy atom. The van der Waals surface area contributed by atoms with E-state index in [2.05, 4.69) is 46.2 Å². The molecule has 0 fully saturated rings. The van der Waals surface area contributed by atoms with Crippen molar-refractivity contribution in [2.45, 2.75) is 19.9 Å². The van der Waals surface area contributed by atoms with E-state index in [1.165, 1.54) is 17.7 Å². The number of benzene rings is 3. The second-order valence-corrected chi connectivity index (χ2v) is 9.42. The van der Waals surface area contributed by atoms with Gasteiger partial charge in [0.15, 0.2) is 6.61 Å². The zero-order valence-corrected chi connectivity index (χ0v) is 20.9. The summed E-state index contributed by atoms with van der Waals surface area (Å²) in [5.74, 6) is 0.149. The maximum absolute atomic E-state index is 12.7. The fourth-order valence-corrected chi connectivity index (χ4v) is 5.06. The molecule has 2 heterocycles. The van der Waals surface area contributed by atoms with Gasteiger partial charge in [0.05, 0.1) is 5.39 Å². The number of anilines is 3. The molecule has 0 saturated heterocycles. The first kappa shape index (κ1) is 23.5. The van der Waals surface area contributed by atoms with E-state index in [1.54, 1.807) is 0 Å². The maximum Gasteiger partial charge on any atom is 0.262 e. The summed E-state index contributed by atoms with van der Waals surface area (Å²) < 4.78 is 5.86. The van der Waals surface area contributed by atoms with Crippen LogP contribution in [0.4, 0.5) is 17.1 Å². The van der Waals surface area contributed by atoms with Gasteiger partial charge in [-0.1, -0.05) is 48.5 Å². The Morgan fingerprint density at radius 2 is 1.58 bits per heavy atom. The summed E-state index contributed by atoms with van der Waals surface area (Å²) in [5.41, 5.74) is 4.93. The molecule has 0 saturated carbocycles. The smallest absolute Gasteiger partial charge is 0.262 e. The SMILES string of the molecule is CC(C)N(c1ccccc1)c1ccc(NC(=O)COc2ncnc3scc(-c4ccccc4)c23)cc1. The summed E-state index contributed by atoms with van der Waals surface area (Å²) in [5, 5.41) is 5.77. The van der Waals surface area contributed by atoms with Crippen LogP contribution in [0.15, 0.2) is 96.6 Å². The third-order valence-corrected chi connectivity index (χ3v) is 6.63. The van der Waals surface area contributed by atoms with Gasteiger partial charge in [-0.05, 0) is 55.8 Å². The van der Waals surface area contributed by atoms with Crippen LogP contribution in [-0.4, -0.2) is 28.5 Å². The molecule has 1 amide bonds. The molecular formula is C29H26N4O2S. The first-order valence-electron chi connectivity index (χ1n) is 11.7. The number of carbonyl (C=O) groups is 1. The fraction of sp³-hybridized carbons (Fsp3) is 0.138. The van der Waals surface area contributed by atoms with Crippen molar-refractivity contribution >= 4 is 44.5 Å². The average Bonchev–Trinajstić information content (AvgIpc) is 3.35. The van der Waals surface area contributed by atoms with E-state index in [0.717, 1.165) is 32.7 Å². The summed E-state index contributed by atoms with van der Waals surface area (Å²) in [4.78, 5) is 24.4. The number of nitrogens with one attached hydrogen (secondary N) is 1. The second kappa shape index (κ2) is 10.6. The monoisotopic (exact) mass is 494 g/mol. The summed E-state index contributed by atoms with van der Waals surface area (Å²) in [6.45, 7) is 4.15. The molecule has 0 atom stereocenters. The summed E-state index contributed by atoms with van der Waals surface area (Å²) in [6, 6.07) is 28.4. The number of fused-ring (bicyclic) bond motifs is 1. The third-order valence-electron chi connectivity index (χ3n) is 5.74. The van der Waals surface area contributed by atoms with Crippen LogP contribution in [-0.2, 0) is 4.79 Å². The highest BCUT2D eigenvalue weighted by atomic mass is 32.1. The number of carbonyl (C=O) groups excluding carboxylic acids is 1. The molecule has 3 aromatic carbocycles. The molecule has 5 rings (SSSR count). The van der Waals surface area contributed by atoms with Crippen LogP contribution in [0.3, 0.4) is 0 Å². The summed E-state index contributed by atoms with van der Waals surface area (Å²) in [6.07, 6.45) is 1.47. The Kier molecular flexibility index (Phi) is 6.91. The number of thiophene rings is 1. The van der Waals surface area contributed by atoms with Crippen LogP contribution >= 0.6 is 11.3 Å². The van der Waals surface area contributed by atoms with Gasteiger partial charge in [0, 0.05) is 34.0 Å². The maximum atomic E-state index is 12.7. The molecule has 0 radical (unpaired) electrons. The number of hydrogen-bond donors (Lipinski definition) is 1. The van der Waals surface area contributed by atoms with Crippen LogP contribution in [0, 0.1) is 0 Å². The van der Waals surface area contributed by atoms with Crippen molar-refractivity contribution in [2.75, 3.05) is 16.8 Å². The van der Waals surface area contributed by atoms with Crippen LogP contribution in [0.2, 0.25) is 0 Å². The molecule has 0 aliphatic heterocycles. The lowest BCUT2D eigenvalue weighted by Crippen LogP contribution is -2.25. The minimum Gasteiger partial charge on any atom is -0.467 e. The molecular weight excluding hydrogens is 468 g/mol. The zero-order valence-electron chi connectivity index (χ0n) is 20.1. The lowest BCUT2D eigenvalue weighted by molar-refractivity contribution is -0.118. The fourth-order valence-electron chi connectivity index (χ4n) is 4.16. The Labute approximate surface area is 214 Å². The molecule has 7 heteroatoms. The molecule has 2 aromatic heterocycles. The first-order valence-corrected chi connectivity index (χ1v) is 12.6. The van der Waals surface area contributed by atoms with E-state index >= 15 is 0 Å². The van der Waals surface area contributed by atoms with Gasteiger partial charge in [-0.2, -0.15) is 0 Å². The molecule has 1 N–H and O–H groups in total. The standard InChI is InChI=1S/C29H26N4O2S/c1-20(2)33(23-11-7-4-8-12-23)24-15-13-22(14-16-24)32-26(34)17-35-28-27-25(21-9-5-3-6-10-21)18-36-29(27)31-19-30-28/h3-16,18-20H,17H2,1-2H3,(H,32,34). The topological polar surface area (TPSA) is 67.4 Å². The molecule has 6 nitrogen and oxygen atoms in total. The minimum atomic E-state index is -0.255.